The maximum atomic E-state index is 13.1. The van der Waals surface area contributed by atoms with Gasteiger partial charge < -0.3 is 5.73 Å². The van der Waals surface area contributed by atoms with Gasteiger partial charge in [0.25, 0.3) is 0 Å². The zero-order valence-electron chi connectivity index (χ0n) is 12.4. The fourth-order valence-electron chi connectivity index (χ4n) is 2.59. The highest BCUT2D eigenvalue weighted by Gasteiger charge is 2.42. The summed E-state index contributed by atoms with van der Waals surface area (Å²) in [5.74, 6) is 0. The molecule has 1 unspecified atom stereocenters. The summed E-state index contributed by atoms with van der Waals surface area (Å²) in [6, 6.07) is 4.07. The van der Waals surface area contributed by atoms with Crippen LogP contribution in [-0.2, 0) is 16.2 Å². The monoisotopic (exact) mass is 336 g/mol. The van der Waals surface area contributed by atoms with Crippen molar-refractivity contribution in [2.45, 2.75) is 37.4 Å². The molecule has 0 amide bonds. The zero-order chi connectivity index (χ0) is 16.8. The third kappa shape index (κ3) is 3.13. The molecule has 1 aromatic carbocycles. The van der Waals surface area contributed by atoms with Crippen LogP contribution in [0.1, 0.15) is 25.8 Å². The van der Waals surface area contributed by atoms with Crippen LogP contribution < -0.4 is 5.73 Å². The first-order valence-corrected chi connectivity index (χ1v) is 8.32. The lowest BCUT2D eigenvalue weighted by Crippen LogP contribution is -2.54. The van der Waals surface area contributed by atoms with Crippen molar-refractivity contribution in [3.05, 3.63) is 29.8 Å². The topological polar surface area (TPSA) is 63.4 Å². The summed E-state index contributed by atoms with van der Waals surface area (Å²) < 4.78 is 65.5. The Balaban J connectivity index is 2.45. The molecule has 1 aromatic rings. The van der Waals surface area contributed by atoms with Crippen LogP contribution in [0.15, 0.2) is 29.2 Å². The number of nitrogens with zero attached hydrogens (tertiary/aromatic N) is 1. The Morgan fingerprint density at radius 3 is 2.41 bits per heavy atom. The molecule has 1 aliphatic rings. The maximum Gasteiger partial charge on any atom is 0.417 e. The molecule has 1 saturated heterocycles. The van der Waals surface area contributed by atoms with E-state index in [9.17, 15) is 21.6 Å². The Hall–Kier alpha value is -1.12. The van der Waals surface area contributed by atoms with Crippen molar-refractivity contribution < 1.29 is 21.6 Å². The summed E-state index contributed by atoms with van der Waals surface area (Å²) in [5, 5.41) is 0. The van der Waals surface area contributed by atoms with E-state index in [2.05, 4.69) is 0 Å². The first-order valence-electron chi connectivity index (χ1n) is 6.88. The average Bonchev–Trinajstić information content (AvgIpc) is 2.40. The third-order valence-corrected chi connectivity index (χ3v) is 5.99. The molecule has 0 radical (unpaired) electrons. The van der Waals surface area contributed by atoms with Crippen LogP contribution in [0.4, 0.5) is 13.2 Å². The average molecular weight is 336 g/mol. The molecule has 0 saturated carbocycles. The Labute approximate surface area is 128 Å². The van der Waals surface area contributed by atoms with E-state index in [4.69, 9.17) is 5.73 Å². The van der Waals surface area contributed by atoms with Gasteiger partial charge in [-0.25, -0.2) is 8.42 Å². The molecule has 22 heavy (non-hydrogen) atoms. The fraction of sp³-hybridized carbons (Fsp3) is 0.571. The van der Waals surface area contributed by atoms with Crippen molar-refractivity contribution in [1.29, 1.82) is 0 Å². The number of alkyl halides is 3. The van der Waals surface area contributed by atoms with Crippen LogP contribution >= 0.6 is 0 Å². The molecule has 0 aliphatic carbocycles. The predicted molar refractivity (Wildman–Crippen MR) is 76.6 cm³/mol. The van der Waals surface area contributed by atoms with E-state index in [1.165, 1.54) is 12.1 Å². The van der Waals surface area contributed by atoms with Gasteiger partial charge in [0.05, 0.1) is 10.5 Å². The molecule has 0 spiro atoms. The van der Waals surface area contributed by atoms with Gasteiger partial charge in [0, 0.05) is 19.1 Å². The fourth-order valence-corrected chi connectivity index (χ4v) is 4.43. The Kier molecular flexibility index (Phi) is 4.31. The number of benzene rings is 1. The minimum atomic E-state index is -4.72. The molecule has 1 fully saturated rings. The van der Waals surface area contributed by atoms with Gasteiger partial charge in [-0.1, -0.05) is 26.0 Å². The molecule has 0 aromatic heterocycles. The van der Waals surface area contributed by atoms with E-state index in [0.717, 1.165) is 16.4 Å². The second-order valence-corrected chi connectivity index (χ2v) is 8.12. The van der Waals surface area contributed by atoms with Crippen LogP contribution in [0, 0.1) is 5.41 Å². The van der Waals surface area contributed by atoms with E-state index >= 15 is 0 Å². The summed E-state index contributed by atoms with van der Waals surface area (Å²) in [4.78, 5) is -0.700. The van der Waals surface area contributed by atoms with Crippen LogP contribution in [0.5, 0.6) is 0 Å². The smallest absolute Gasteiger partial charge is 0.327 e. The first-order chi connectivity index (χ1) is 9.96. The van der Waals surface area contributed by atoms with Gasteiger partial charge in [-0.3, -0.25) is 0 Å². The van der Waals surface area contributed by atoms with Crippen molar-refractivity contribution >= 4 is 10.0 Å². The highest BCUT2D eigenvalue weighted by atomic mass is 32.2. The molecule has 1 atom stereocenters. The summed E-state index contributed by atoms with van der Waals surface area (Å²) in [6.45, 7) is 3.85. The predicted octanol–water partition coefficient (Wildman–Crippen LogP) is 2.45. The summed E-state index contributed by atoms with van der Waals surface area (Å²) in [5.41, 5.74) is 4.33. The number of nitrogens with two attached hydrogens (primary N) is 1. The third-order valence-electron chi connectivity index (χ3n) is 4.09. The van der Waals surface area contributed by atoms with Crippen LogP contribution in [-0.4, -0.2) is 31.9 Å². The first kappa shape index (κ1) is 17.2. The molecule has 0 bridgehead atoms. The second-order valence-electron chi connectivity index (χ2n) is 6.22. The minimum Gasteiger partial charge on any atom is -0.327 e. The van der Waals surface area contributed by atoms with Crippen molar-refractivity contribution in [2.24, 2.45) is 11.1 Å². The van der Waals surface area contributed by atoms with Gasteiger partial charge in [-0.15, -0.1) is 0 Å². The van der Waals surface area contributed by atoms with Gasteiger partial charge in [-0.2, -0.15) is 17.5 Å². The molecular weight excluding hydrogens is 317 g/mol. The maximum absolute atomic E-state index is 13.1. The van der Waals surface area contributed by atoms with Gasteiger partial charge in [0.15, 0.2) is 0 Å². The van der Waals surface area contributed by atoms with E-state index in [1.54, 1.807) is 0 Å². The largest absolute Gasteiger partial charge is 0.417 e. The minimum absolute atomic E-state index is 0.0999. The lowest BCUT2D eigenvalue weighted by Gasteiger charge is -2.41. The lowest BCUT2D eigenvalue weighted by molar-refractivity contribution is -0.139. The van der Waals surface area contributed by atoms with Crippen LogP contribution in [0.2, 0.25) is 0 Å². The molecule has 2 rings (SSSR count). The van der Waals surface area contributed by atoms with Gasteiger partial charge in [0.1, 0.15) is 0 Å². The quantitative estimate of drug-likeness (QED) is 0.902. The molecule has 2 N–H and O–H groups in total. The second kappa shape index (κ2) is 5.50. The summed E-state index contributed by atoms with van der Waals surface area (Å²) in [6.07, 6.45) is -4.30. The SMILES string of the molecule is CC1(C)CN(S(=O)(=O)c2ccccc2C(F)(F)F)CCC1N. The molecule has 4 nitrogen and oxygen atoms in total. The summed E-state index contributed by atoms with van der Waals surface area (Å²) in [7, 11) is -4.21. The summed E-state index contributed by atoms with van der Waals surface area (Å²) >= 11 is 0. The number of piperidine rings is 1. The molecular formula is C14H19F3N2O2S. The van der Waals surface area contributed by atoms with E-state index in [1.807, 2.05) is 13.8 Å². The Morgan fingerprint density at radius 2 is 1.86 bits per heavy atom. The number of hydrogen-bond acceptors (Lipinski definition) is 3. The molecule has 8 heteroatoms. The number of hydrogen-bond donors (Lipinski definition) is 1. The highest BCUT2D eigenvalue weighted by Crippen LogP contribution is 2.37. The Morgan fingerprint density at radius 1 is 1.27 bits per heavy atom. The van der Waals surface area contributed by atoms with Crippen molar-refractivity contribution in [2.75, 3.05) is 13.1 Å². The number of sulfonamides is 1. The van der Waals surface area contributed by atoms with E-state index in [0.29, 0.717) is 6.42 Å². The van der Waals surface area contributed by atoms with Gasteiger partial charge in [0.2, 0.25) is 10.0 Å². The highest BCUT2D eigenvalue weighted by molar-refractivity contribution is 7.89. The van der Waals surface area contributed by atoms with E-state index in [-0.39, 0.29) is 19.1 Å². The van der Waals surface area contributed by atoms with E-state index < -0.39 is 32.1 Å². The molecule has 124 valence electrons. The molecule has 1 heterocycles. The van der Waals surface area contributed by atoms with Crippen molar-refractivity contribution in [1.82, 2.24) is 4.31 Å². The normalized spacial score (nSPS) is 23.5. The lowest BCUT2D eigenvalue weighted by atomic mass is 9.81. The van der Waals surface area contributed by atoms with Gasteiger partial charge >= 0.3 is 6.18 Å². The van der Waals surface area contributed by atoms with Gasteiger partial charge in [-0.05, 0) is 24.0 Å². The number of rotatable bonds is 2. The van der Waals surface area contributed by atoms with Crippen LogP contribution in [0.25, 0.3) is 0 Å². The van der Waals surface area contributed by atoms with Crippen LogP contribution in [0.3, 0.4) is 0 Å². The zero-order valence-corrected chi connectivity index (χ0v) is 13.2. The number of halogens is 3. The Bertz CT molecular complexity index is 656. The van der Waals surface area contributed by atoms with Crippen molar-refractivity contribution in [3.8, 4) is 0 Å². The standard InChI is InChI=1S/C14H19F3N2O2S/c1-13(2)9-19(8-7-12(13)18)22(20,21)11-6-4-3-5-10(11)14(15,16)17/h3-6,12H,7-9,18H2,1-2H3. The molecule has 1 aliphatic heterocycles. The van der Waals surface area contributed by atoms with Crippen molar-refractivity contribution in [3.63, 3.8) is 0 Å².